The standard InChI is InChI=1S/C7H16N2O/c1-6-4-9(2-3-10)5-7(6)8/h6-7,10H,2-5,8H2,1H3. The minimum Gasteiger partial charge on any atom is -0.395 e. The Morgan fingerprint density at radius 1 is 1.60 bits per heavy atom. The highest BCUT2D eigenvalue weighted by molar-refractivity contribution is 4.83. The molecule has 0 aromatic heterocycles. The monoisotopic (exact) mass is 144 g/mol. The molecule has 0 radical (unpaired) electrons. The van der Waals surface area contributed by atoms with Gasteiger partial charge in [-0.05, 0) is 5.92 Å². The van der Waals surface area contributed by atoms with Crippen LogP contribution in [0.4, 0.5) is 0 Å². The van der Waals surface area contributed by atoms with E-state index < -0.39 is 0 Å². The third-order valence-electron chi connectivity index (χ3n) is 2.16. The maximum Gasteiger partial charge on any atom is 0.0558 e. The fraction of sp³-hybridized carbons (Fsp3) is 1.00. The van der Waals surface area contributed by atoms with Gasteiger partial charge in [-0.1, -0.05) is 6.92 Å². The lowest BCUT2D eigenvalue weighted by Crippen LogP contribution is -2.29. The molecule has 0 aliphatic carbocycles. The van der Waals surface area contributed by atoms with Crippen LogP contribution in [0.15, 0.2) is 0 Å². The van der Waals surface area contributed by atoms with Crippen LogP contribution in [-0.4, -0.2) is 42.3 Å². The van der Waals surface area contributed by atoms with E-state index in [1.54, 1.807) is 0 Å². The van der Waals surface area contributed by atoms with E-state index in [2.05, 4.69) is 11.8 Å². The van der Waals surface area contributed by atoms with E-state index in [9.17, 15) is 0 Å². The fourth-order valence-corrected chi connectivity index (χ4v) is 1.42. The number of hydrogen-bond donors (Lipinski definition) is 2. The Balaban J connectivity index is 2.27. The second-order valence-electron chi connectivity index (χ2n) is 3.12. The van der Waals surface area contributed by atoms with Crippen molar-refractivity contribution in [2.75, 3.05) is 26.2 Å². The van der Waals surface area contributed by atoms with Crippen LogP contribution in [0.3, 0.4) is 0 Å². The van der Waals surface area contributed by atoms with Crippen LogP contribution in [0.25, 0.3) is 0 Å². The number of aliphatic hydroxyl groups excluding tert-OH is 1. The molecule has 10 heavy (non-hydrogen) atoms. The lowest BCUT2D eigenvalue weighted by molar-refractivity contribution is 0.217. The van der Waals surface area contributed by atoms with E-state index >= 15 is 0 Å². The van der Waals surface area contributed by atoms with Crippen LogP contribution in [0.2, 0.25) is 0 Å². The summed E-state index contributed by atoms with van der Waals surface area (Å²) in [5.41, 5.74) is 5.78. The summed E-state index contributed by atoms with van der Waals surface area (Å²) < 4.78 is 0. The summed E-state index contributed by atoms with van der Waals surface area (Å²) in [6.07, 6.45) is 0. The Labute approximate surface area is 61.8 Å². The quantitative estimate of drug-likeness (QED) is 0.536. The van der Waals surface area contributed by atoms with Crippen molar-refractivity contribution in [2.24, 2.45) is 11.7 Å². The first-order valence-corrected chi connectivity index (χ1v) is 3.83. The molecule has 1 aliphatic heterocycles. The molecule has 3 N–H and O–H groups in total. The Hall–Kier alpha value is -0.120. The molecule has 0 aromatic rings. The summed E-state index contributed by atoms with van der Waals surface area (Å²) in [4.78, 5) is 2.20. The van der Waals surface area contributed by atoms with E-state index in [0.29, 0.717) is 12.0 Å². The summed E-state index contributed by atoms with van der Waals surface area (Å²) in [5.74, 6) is 0.589. The second-order valence-corrected chi connectivity index (χ2v) is 3.12. The predicted octanol–water partition coefficient (Wildman–Crippen LogP) is -0.742. The van der Waals surface area contributed by atoms with Gasteiger partial charge in [0.2, 0.25) is 0 Å². The fourth-order valence-electron chi connectivity index (χ4n) is 1.42. The van der Waals surface area contributed by atoms with Crippen LogP contribution in [0.5, 0.6) is 0 Å². The Morgan fingerprint density at radius 3 is 2.70 bits per heavy atom. The van der Waals surface area contributed by atoms with E-state index in [0.717, 1.165) is 19.6 Å². The van der Waals surface area contributed by atoms with Gasteiger partial charge in [0, 0.05) is 25.7 Å². The largest absolute Gasteiger partial charge is 0.395 e. The average Bonchev–Trinajstić information content (AvgIpc) is 2.14. The van der Waals surface area contributed by atoms with Crippen molar-refractivity contribution in [3.8, 4) is 0 Å². The molecule has 1 saturated heterocycles. The van der Waals surface area contributed by atoms with Gasteiger partial charge in [-0.15, -0.1) is 0 Å². The Bertz CT molecular complexity index is 97.8. The molecule has 0 amide bonds. The number of aliphatic hydroxyl groups is 1. The van der Waals surface area contributed by atoms with Crippen molar-refractivity contribution in [1.29, 1.82) is 0 Å². The van der Waals surface area contributed by atoms with Crippen LogP contribution < -0.4 is 5.73 Å². The highest BCUT2D eigenvalue weighted by Crippen LogP contribution is 2.12. The first kappa shape index (κ1) is 7.98. The number of nitrogens with two attached hydrogens (primary N) is 1. The number of hydrogen-bond acceptors (Lipinski definition) is 3. The molecule has 1 heterocycles. The lowest BCUT2D eigenvalue weighted by Gasteiger charge is -2.11. The summed E-state index contributed by atoms with van der Waals surface area (Å²) in [6, 6.07) is 0.312. The zero-order valence-corrected chi connectivity index (χ0v) is 6.45. The van der Waals surface area contributed by atoms with Gasteiger partial charge in [0.25, 0.3) is 0 Å². The molecule has 0 saturated carbocycles. The topological polar surface area (TPSA) is 49.5 Å². The molecule has 0 spiro atoms. The third-order valence-corrected chi connectivity index (χ3v) is 2.16. The lowest BCUT2D eigenvalue weighted by atomic mass is 10.1. The highest BCUT2D eigenvalue weighted by Gasteiger charge is 2.25. The van der Waals surface area contributed by atoms with Gasteiger partial charge in [0.05, 0.1) is 6.61 Å². The molecule has 0 bridgehead atoms. The predicted molar refractivity (Wildman–Crippen MR) is 40.7 cm³/mol. The first-order valence-electron chi connectivity index (χ1n) is 3.83. The van der Waals surface area contributed by atoms with E-state index in [-0.39, 0.29) is 6.61 Å². The Morgan fingerprint density at radius 2 is 2.30 bits per heavy atom. The minimum absolute atomic E-state index is 0.249. The van der Waals surface area contributed by atoms with E-state index in [1.165, 1.54) is 0 Å². The van der Waals surface area contributed by atoms with Gasteiger partial charge < -0.3 is 10.8 Å². The van der Waals surface area contributed by atoms with Gasteiger partial charge in [-0.25, -0.2) is 0 Å². The molecule has 1 rings (SSSR count). The zero-order chi connectivity index (χ0) is 7.56. The molecule has 3 heteroatoms. The van der Waals surface area contributed by atoms with E-state index in [1.807, 2.05) is 0 Å². The maximum absolute atomic E-state index is 8.62. The molecular weight excluding hydrogens is 128 g/mol. The Kier molecular flexibility index (Phi) is 2.65. The number of likely N-dealkylation sites (tertiary alicyclic amines) is 1. The van der Waals surface area contributed by atoms with Gasteiger partial charge in [-0.3, -0.25) is 4.90 Å². The van der Waals surface area contributed by atoms with Crippen molar-refractivity contribution in [3.63, 3.8) is 0 Å². The molecule has 1 fully saturated rings. The molecular formula is C7H16N2O. The molecule has 2 atom stereocenters. The summed E-state index contributed by atoms with van der Waals surface area (Å²) in [7, 11) is 0. The highest BCUT2D eigenvalue weighted by atomic mass is 16.3. The van der Waals surface area contributed by atoms with Crippen LogP contribution in [0, 0.1) is 5.92 Å². The molecule has 2 unspecified atom stereocenters. The van der Waals surface area contributed by atoms with Crippen molar-refractivity contribution >= 4 is 0 Å². The van der Waals surface area contributed by atoms with E-state index in [4.69, 9.17) is 10.8 Å². The number of nitrogens with zero attached hydrogens (tertiary/aromatic N) is 1. The molecule has 60 valence electrons. The molecule has 3 nitrogen and oxygen atoms in total. The van der Waals surface area contributed by atoms with Crippen molar-refractivity contribution in [2.45, 2.75) is 13.0 Å². The summed E-state index contributed by atoms with van der Waals surface area (Å²) in [5, 5.41) is 8.62. The van der Waals surface area contributed by atoms with Gasteiger partial charge in [0.15, 0.2) is 0 Å². The number of rotatable bonds is 2. The molecule has 0 aromatic carbocycles. The van der Waals surface area contributed by atoms with Crippen molar-refractivity contribution < 1.29 is 5.11 Å². The second kappa shape index (κ2) is 3.32. The summed E-state index contributed by atoms with van der Waals surface area (Å²) in [6.45, 7) is 5.17. The average molecular weight is 144 g/mol. The summed E-state index contributed by atoms with van der Waals surface area (Å²) >= 11 is 0. The van der Waals surface area contributed by atoms with Crippen LogP contribution in [0.1, 0.15) is 6.92 Å². The van der Waals surface area contributed by atoms with Gasteiger partial charge >= 0.3 is 0 Å². The molecule has 1 aliphatic rings. The zero-order valence-electron chi connectivity index (χ0n) is 6.45. The van der Waals surface area contributed by atoms with Crippen molar-refractivity contribution in [3.05, 3.63) is 0 Å². The SMILES string of the molecule is CC1CN(CCO)CC1N. The van der Waals surface area contributed by atoms with Crippen molar-refractivity contribution in [1.82, 2.24) is 4.90 Å². The van der Waals surface area contributed by atoms with Gasteiger partial charge in [0.1, 0.15) is 0 Å². The normalized spacial score (nSPS) is 35.1. The van der Waals surface area contributed by atoms with Crippen LogP contribution in [-0.2, 0) is 0 Å². The number of β-amino-alcohol motifs (C(OH)–C–C–N with tert-alkyl or cyclic N) is 1. The van der Waals surface area contributed by atoms with Crippen LogP contribution >= 0.6 is 0 Å². The van der Waals surface area contributed by atoms with Gasteiger partial charge in [-0.2, -0.15) is 0 Å². The smallest absolute Gasteiger partial charge is 0.0558 e. The third kappa shape index (κ3) is 1.68. The maximum atomic E-state index is 8.62. The minimum atomic E-state index is 0.249. The first-order chi connectivity index (χ1) is 4.74.